The van der Waals surface area contributed by atoms with E-state index in [1.165, 1.54) is 12.1 Å². The maximum Gasteiger partial charge on any atom is 0.296 e. The molecule has 1 fully saturated rings. The smallest absolute Gasteiger partial charge is 0.296 e. The summed E-state index contributed by atoms with van der Waals surface area (Å²) in [5.41, 5.74) is 3.59. The van der Waals surface area contributed by atoms with Crippen molar-refractivity contribution in [1.29, 1.82) is 0 Å². The predicted octanol–water partition coefficient (Wildman–Crippen LogP) is 4.79. The van der Waals surface area contributed by atoms with Crippen LogP contribution in [0.2, 0.25) is 0 Å². The van der Waals surface area contributed by atoms with Gasteiger partial charge in [0.2, 0.25) is 0 Å². The van der Waals surface area contributed by atoms with Crippen molar-refractivity contribution < 1.29 is 14.0 Å². The van der Waals surface area contributed by atoms with Crippen molar-refractivity contribution in [3.8, 4) is 11.1 Å². The van der Waals surface area contributed by atoms with Crippen LogP contribution in [-0.4, -0.2) is 58.6 Å². The molecule has 176 valence electrons. The lowest BCUT2D eigenvalue weighted by Crippen LogP contribution is -2.50. The zero-order valence-corrected chi connectivity index (χ0v) is 19.3. The molecule has 1 aliphatic rings. The molecular formula is C29H26FN3O2. The molecule has 2 aromatic carbocycles. The Morgan fingerprint density at radius 1 is 0.857 bits per heavy atom. The molecule has 6 heteroatoms. The van der Waals surface area contributed by atoms with Gasteiger partial charge in [-0.1, -0.05) is 60.7 Å². The van der Waals surface area contributed by atoms with Gasteiger partial charge in [0, 0.05) is 50.0 Å². The summed E-state index contributed by atoms with van der Waals surface area (Å²) in [5, 5.41) is 0. The molecule has 0 aliphatic carbocycles. The molecule has 0 N–H and O–H groups in total. The van der Waals surface area contributed by atoms with E-state index in [4.69, 9.17) is 0 Å². The molecule has 1 saturated heterocycles. The number of halogens is 1. The average molecular weight is 468 g/mol. The van der Waals surface area contributed by atoms with Crippen LogP contribution in [0.25, 0.3) is 22.7 Å². The Morgan fingerprint density at radius 3 is 2.31 bits per heavy atom. The lowest BCUT2D eigenvalue weighted by atomic mass is 10.0. The molecular weight excluding hydrogens is 441 g/mol. The van der Waals surface area contributed by atoms with Gasteiger partial charge < -0.3 is 9.30 Å². The molecule has 1 aliphatic heterocycles. The van der Waals surface area contributed by atoms with Gasteiger partial charge in [-0.3, -0.25) is 14.5 Å². The number of hydrogen-bond donors (Lipinski definition) is 0. The number of benzene rings is 2. The largest absolute Gasteiger partial charge is 0.333 e. The van der Waals surface area contributed by atoms with Crippen molar-refractivity contribution >= 4 is 23.3 Å². The molecule has 5 rings (SSSR count). The number of piperazine rings is 1. The minimum atomic E-state index is -0.548. The zero-order valence-electron chi connectivity index (χ0n) is 19.3. The van der Waals surface area contributed by atoms with Gasteiger partial charge in [0.1, 0.15) is 11.5 Å². The first-order valence-corrected chi connectivity index (χ1v) is 11.7. The Kier molecular flexibility index (Phi) is 6.55. The van der Waals surface area contributed by atoms with E-state index >= 15 is 0 Å². The number of hydrogen-bond acceptors (Lipinski definition) is 3. The van der Waals surface area contributed by atoms with Crippen molar-refractivity contribution in [2.45, 2.75) is 0 Å². The topological polar surface area (TPSA) is 45.0 Å². The van der Waals surface area contributed by atoms with Crippen molar-refractivity contribution in [3.63, 3.8) is 0 Å². The Hall–Kier alpha value is -4.03. The van der Waals surface area contributed by atoms with E-state index in [1.54, 1.807) is 27.6 Å². The maximum atomic E-state index is 13.5. The monoisotopic (exact) mass is 467 g/mol. The van der Waals surface area contributed by atoms with Gasteiger partial charge in [-0.05, 0) is 41.5 Å². The van der Waals surface area contributed by atoms with Gasteiger partial charge in [-0.15, -0.1) is 0 Å². The Bertz CT molecular complexity index is 1370. The number of Topliss-reactive ketones (excluding diaryl/α,β-unsaturated/α-hetero) is 1. The summed E-state index contributed by atoms with van der Waals surface area (Å²) in [6.45, 7) is 3.20. The average Bonchev–Trinajstić information content (AvgIpc) is 3.29. The molecule has 4 aromatic rings. The van der Waals surface area contributed by atoms with Crippen molar-refractivity contribution in [1.82, 2.24) is 14.2 Å². The number of amides is 1. The van der Waals surface area contributed by atoms with Crippen molar-refractivity contribution in [2.24, 2.45) is 0 Å². The Balaban J connectivity index is 1.30. The highest BCUT2D eigenvalue weighted by Gasteiger charge is 2.30. The van der Waals surface area contributed by atoms with E-state index in [-0.39, 0.29) is 5.82 Å². The minimum Gasteiger partial charge on any atom is -0.333 e. The first-order chi connectivity index (χ1) is 17.1. The number of carbonyl (C=O) groups excluding carboxylic acids is 2. The second-order valence-electron chi connectivity index (χ2n) is 8.64. The molecule has 1 amide bonds. The number of rotatable bonds is 6. The molecule has 35 heavy (non-hydrogen) atoms. The molecule has 0 radical (unpaired) electrons. The molecule has 0 spiro atoms. The Morgan fingerprint density at radius 2 is 1.57 bits per heavy atom. The highest BCUT2D eigenvalue weighted by molar-refractivity contribution is 6.43. The molecule has 0 saturated carbocycles. The second-order valence-corrected chi connectivity index (χ2v) is 8.64. The lowest BCUT2D eigenvalue weighted by molar-refractivity contribution is -0.128. The van der Waals surface area contributed by atoms with Crippen LogP contribution >= 0.6 is 0 Å². The highest BCUT2D eigenvalue weighted by atomic mass is 19.1. The quantitative estimate of drug-likeness (QED) is 0.303. The van der Waals surface area contributed by atoms with Gasteiger partial charge in [0.05, 0.1) is 0 Å². The third kappa shape index (κ3) is 4.93. The van der Waals surface area contributed by atoms with E-state index in [0.717, 1.165) is 17.6 Å². The van der Waals surface area contributed by atoms with Gasteiger partial charge >= 0.3 is 0 Å². The summed E-state index contributed by atoms with van der Waals surface area (Å²) in [6.07, 6.45) is 6.00. The molecule has 0 atom stereocenters. The minimum absolute atomic E-state index is 0.311. The van der Waals surface area contributed by atoms with Crippen LogP contribution in [0.1, 0.15) is 16.1 Å². The van der Waals surface area contributed by atoms with Gasteiger partial charge in [0.15, 0.2) is 0 Å². The summed E-state index contributed by atoms with van der Waals surface area (Å²) in [7, 11) is 0. The standard InChI is InChI=1S/C29H26FN3O2/c30-24-13-11-23(12-14-24)26-21-25-10-4-5-16-33(25)27(26)28(34)29(35)32-19-17-31(18-20-32)15-6-9-22-7-2-1-3-8-22/h1-14,16,21H,15,17-20H2/b9-6+. The fraction of sp³-hybridized carbons (Fsp3) is 0.172. The lowest BCUT2D eigenvalue weighted by Gasteiger charge is -2.33. The third-order valence-electron chi connectivity index (χ3n) is 6.38. The second kappa shape index (κ2) is 10.1. The summed E-state index contributed by atoms with van der Waals surface area (Å²) in [5.74, 6) is -1.40. The number of fused-ring (bicyclic) bond motifs is 1. The number of carbonyl (C=O) groups is 2. The number of ketones is 1. The fourth-order valence-electron chi connectivity index (χ4n) is 4.49. The van der Waals surface area contributed by atoms with Gasteiger partial charge in [-0.25, -0.2) is 4.39 Å². The highest BCUT2D eigenvalue weighted by Crippen LogP contribution is 2.29. The fourth-order valence-corrected chi connectivity index (χ4v) is 4.49. The maximum absolute atomic E-state index is 13.5. The predicted molar refractivity (Wildman–Crippen MR) is 136 cm³/mol. The first-order valence-electron chi connectivity index (χ1n) is 11.7. The summed E-state index contributed by atoms with van der Waals surface area (Å²) >= 11 is 0. The van der Waals surface area contributed by atoms with Crippen LogP contribution in [0, 0.1) is 5.82 Å². The molecule has 3 heterocycles. The Labute approximate surface area is 203 Å². The van der Waals surface area contributed by atoms with Gasteiger partial charge in [0.25, 0.3) is 11.7 Å². The van der Waals surface area contributed by atoms with Crippen LogP contribution in [-0.2, 0) is 4.79 Å². The van der Waals surface area contributed by atoms with Crippen molar-refractivity contribution in [2.75, 3.05) is 32.7 Å². The zero-order chi connectivity index (χ0) is 24.2. The third-order valence-corrected chi connectivity index (χ3v) is 6.38. The van der Waals surface area contributed by atoms with Crippen molar-refractivity contribution in [3.05, 3.63) is 108 Å². The molecule has 5 nitrogen and oxygen atoms in total. The van der Waals surface area contributed by atoms with E-state index in [9.17, 15) is 14.0 Å². The van der Waals surface area contributed by atoms with Crippen LogP contribution in [0.5, 0.6) is 0 Å². The van der Waals surface area contributed by atoms with Crippen LogP contribution in [0.4, 0.5) is 4.39 Å². The van der Waals surface area contributed by atoms with Gasteiger partial charge in [-0.2, -0.15) is 0 Å². The number of aromatic nitrogens is 1. The van der Waals surface area contributed by atoms with E-state index < -0.39 is 11.7 Å². The summed E-state index contributed by atoms with van der Waals surface area (Å²) < 4.78 is 15.2. The van der Waals surface area contributed by atoms with E-state index in [2.05, 4.69) is 29.2 Å². The summed E-state index contributed by atoms with van der Waals surface area (Å²) in [6, 6.07) is 23.6. The number of pyridine rings is 1. The van der Waals surface area contributed by atoms with Crippen LogP contribution < -0.4 is 0 Å². The van der Waals surface area contributed by atoms with E-state index in [1.807, 2.05) is 42.5 Å². The van der Waals surface area contributed by atoms with Crippen LogP contribution in [0.15, 0.2) is 91.1 Å². The normalized spacial score (nSPS) is 14.6. The molecule has 2 aromatic heterocycles. The van der Waals surface area contributed by atoms with E-state index in [0.29, 0.717) is 43.0 Å². The SMILES string of the molecule is O=C(C(=O)N1CCN(C/C=C/c2ccccc2)CC1)c1c(-c2ccc(F)cc2)cc2ccccn12. The molecule has 0 bridgehead atoms. The van der Waals surface area contributed by atoms with Crippen LogP contribution in [0.3, 0.4) is 0 Å². The number of nitrogens with zero attached hydrogens (tertiary/aromatic N) is 3. The molecule has 0 unspecified atom stereocenters. The summed E-state index contributed by atoms with van der Waals surface area (Å²) in [4.78, 5) is 30.6. The first kappa shape index (κ1) is 22.7.